The van der Waals surface area contributed by atoms with Gasteiger partial charge in [0, 0.05) is 11.2 Å². The third kappa shape index (κ3) is 6.63. The van der Waals surface area contributed by atoms with Gasteiger partial charge in [-0.05, 0) is 52.8 Å². The summed E-state index contributed by atoms with van der Waals surface area (Å²) in [5.74, 6) is -0.522. The topological polar surface area (TPSA) is 133 Å². The fourth-order valence-electron chi connectivity index (χ4n) is 2.37. The summed E-state index contributed by atoms with van der Waals surface area (Å²) in [4.78, 5) is 20.9. The summed E-state index contributed by atoms with van der Waals surface area (Å²) in [5.41, 5.74) is -1.22. The molecule has 1 aromatic carbocycles. The Morgan fingerprint density at radius 2 is 1.87 bits per heavy atom. The molecule has 0 radical (unpaired) electrons. The minimum Gasteiger partial charge on any atom is -0.394 e. The molecule has 2 aromatic rings. The number of amides is 1. The molecule has 11 heteroatoms. The Labute approximate surface area is 181 Å². The number of halogens is 1. The minimum atomic E-state index is -3.77. The lowest BCUT2D eigenvalue weighted by atomic mass is 10.1. The highest BCUT2D eigenvalue weighted by molar-refractivity contribution is 7.89. The molecule has 0 aliphatic carbocycles. The molecule has 0 unspecified atom stereocenters. The van der Waals surface area contributed by atoms with Gasteiger partial charge in [-0.25, -0.2) is 23.1 Å². The van der Waals surface area contributed by atoms with E-state index in [0.29, 0.717) is 0 Å². The zero-order chi connectivity index (χ0) is 22.7. The summed E-state index contributed by atoms with van der Waals surface area (Å²) in [7, 11) is -3.77. The first kappa shape index (κ1) is 24.0. The van der Waals surface area contributed by atoms with E-state index < -0.39 is 27.0 Å². The quantitative estimate of drug-likeness (QED) is 0.504. The number of hydrogen-bond acceptors (Lipinski definition) is 7. The summed E-state index contributed by atoms with van der Waals surface area (Å²) >= 11 is 5.90. The average Bonchev–Trinajstić information content (AvgIpc) is 2.59. The number of anilines is 2. The third-order valence-corrected chi connectivity index (χ3v) is 5.59. The molecule has 1 heterocycles. The van der Waals surface area contributed by atoms with E-state index in [2.05, 4.69) is 25.3 Å². The van der Waals surface area contributed by atoms with Gasteiger partial charge in [0.2, 0.25) is 10.0 Å². The molecule has 164 valence electrons. The standard InChI is InChI=1S/C19H26ClN5O4S/c1-18(2,3)25-30(28,29)13-8-6-7-12(9-13)22-17(27)15-16(23-14(20)10-21-15)24-19(4,5)11-26/h6-10,25-26H,11H2,1-5H3,(H,22,27)(H,23,24). The number of aliphatic hydroxyl groups excluding tert-OH is 1. The van der Waals surface area contributed by atoms with Crippen molar-refractivity contribution in [2.45, 2.75) is 50.6 Å². The van der Waals surface area contributed by atoms with Crippen molar-refractivity contribution in [1.29, 1.82) is 0 Å². The monoisotopic (exact) mass is 455 g/mol. The van der Waals surface area contributed by atoms with E-state index in [9.17, 15) is 18.3 Å². The fraction of sp³-hybridized carbons (Fsp3) is 0.421. The Hall–Kier alpha value is -2.27. The van der Waals surface area contributed by atoms with Gasteiger partial charge in [-0.3, -0.25) is 4.79 Å². The molecule has 30 heavy (non-hydrogen) atoms. The molecule has 1 aromatic heterocycles. The zero-order valence-electron chi connectivity index (χ0n) is 17.4. The van der Waals surface area contributed by atoms with Gasteiger partial charge in [-0.1, -0.05) is 17.7 Å². The average molecular weight is 456 g/mol. The molecule has 0 bridgehead atoms. The Morgan fingerprint density at radius 3 is 2.47 bits per heavy atom. The molecule has 9 nitrogen and oxygen atoms in total. The SMILES string of the molecule is CC(C)(C)NS(=O)(=O)c1cccc(NC(=O)c2ncc(Cl)nc2NC(C)(C)CO)c1. The summed E-state index contributed by atoms with van der Waals surface area (Å²) < 4.78 is 27.6. The molecule has 0 saturated heterocycles. The highest BCUT2D eigenvalue weighted by Gasteiger charge is 2.24. The number of aromatic nitrogens is 2. The zero-order valence-corrected chi connectivity index (χ0v) is 19.0. The fourth-order valence-corrected chi connectivity index (χ4v) is 3.97. The second kappa shape index (κ2) is 8.84. The van der Waals surface area contributed by atoms with Gasteiger partial charge in [0.1, 0.15) is 5.15 Å². The summed E-state index contributed by atoms with van der Waals surface area (Å²) in [6.45, 7) is 8.41. The van der Waals surface area contributed by atoms with Crippen molar-refractivity contribution in [3.05, 3.63) is 41.3 Å². The van der Waals surface area contributed by atoms with Crippen LogP contribution in [0.3, 0.4) is 0 Å². The van der Waals surface area contributed by atoms with E-state index in [-0.39, 0.29) is 33.9 Å². The summed E-state index contributed by atoms with van der Waals surface area (Å²) in [6.07, 6.45) is 1.22. The molecule has 2 rings (SSSR count). The highest BCUT2D eigenvalue weighted by atomic mass is 35.5. The Bertz CT molecular complexity index is 1040. The predicted molar refractivity (Wildman–Crippen MR) is 116 cm³/mol. The normalized spacial score (nSPS) is 12.5. The maximum absolute atomic E-state index is 12.8. The van der Waals surface area contributed by atoms with Gasteiger partial charge < -0.3 is 15.7 Å². The van der Waals surface area contributed by atoms with E-state index in [1.807, 2.05) is 0 Å². The maximum atomic E-state index is 12.8. The second-order valence-electron chi connectivity index (χ2n) is 8.39. The number of carbonyl (C=O) groups is 1. The summed E-state index contributed by atoms with van der Waals surface area (Å²) in [6, 6.07) is 5.86. The van der Waals surface area contributed by atoms with Crippen LogP contribution in [0, 0.1) is 0 Å². The van der Waals surface area contributed by atoms with Gasteiger partial charge >= 0.3 is 0 Å². The van der Waals surface area contributed by atoms with E-state index in [1.165, 1.54) is 24.4 Å². The molecule has 1 amide bonds. The van der Waals surface area contributed by atoms with Gasteiger partial charge in [-0.15, -0.1) is 0 Å². The predicted octanol–water partition coefficient (Wildman–Crippen LogP) is 2.64. The molecular formula is C19H26ClN5O4S. The Kier molecular flexibility index (Phi) is 7.08. The summed E-state index contributed by atoms with van der Waals surface area (Å²) in [5, 5.41) is 15.1. The van der Waals surface area contributed by atoms with Crippen molar-refractivity contribution in [2.24, 2.45) is 0 Å². The molecule has 0 aliphatic rings. The van der Waals surface area contributed by atoms with E-state index in [0.717, 1.165) is 0 Å². The van der Waals surface area contributed by atoms with Crippen molar-refractivity contribution in [1.82, 2.24) is 14.7 Å². The molecular weight excluding hydrogens is 430 g/mol. The van der Waals surface area contributed by atoms with Gasteiger partial charge in [0.25, 0.3) is 5.91 Å². The number of hydrogen-bond donors (Lipinski definition) is 4. The van der Waals surface area contributed by atoms with Crippen LogP contribution in [0.4, 0.5) is 11.5 Å². The number of nitrogens with zero attached hydrogens (tertiary/aromatic N) is 2. The molecule has 0 saturated carbocycles. The van der Waals surface area contributed by atoms with Crippen LogP contribution in [0.2, 0.25) is 5.15 Å². The molecule has 0 spiro atoms. The lowest BCUT2D eigenvalue weighted by Gasteiger charge is -2.25. The van der Waals surface area contributed by atoms with Crippen molar-refractivity contribution in [3.63, 3.8) is 0 Å². The number of aliphatic hydroxyl groups is 1. The first-order chi connectivity index (χ1) is 13.7. The van der Waals surface area contributed by atoms with Crippen LogP contribution in [-0.4, -0.2) is 47.1 Å². The Balaban J connectivity index is 2.32. The Morgan fingerprint density at radius 1 is 1.20 bits per heavy atom. The molecule has 0 aliphatic heterocycles. The number of carbonyl (C=O) groups excluding carboxylic acids is 1. The maximum Gasteiger partial charge on any atom is 0.278 e. The van der Waals surface area contributed by atoms with Crippen LogP contribution < -0.4 is 15.4 Å². The van der Waals surface area contributed by atoms with Crippen LogP contribution in [0.25, 0.3) is 0 Å². The lowest BCUT2D eigenvalue weighted by molar-refractivity contribution is 0.102. The molecule has 4 N–H and O–H groups in total. The first-order valence-electron chi connectivity index (χ1n) is 9.09. The number of nitrogens with one attached hydrogen (secondary N) is 3. The second-order valence-corrected chi connectivity index (χ2v) is 10.5. The largest absolute Gasteiger partial charge is 0.394 e. The van der Waals surface area contributed by atoms with E-state index in [1.54, 1.807) is 40.7 Å². The number of benzene rings is 1. The van der Waals surface area contributed by atoms with E-state index >= 15 is 0 Å². The van der Waals surface area contributed by atoms with Crippen molar-refractivity contribution in [3.8, 4) is 0 Å². The highest BCUT2D eigenvalue weighted by Crippen LogP contribution is 2.21. The van der Waals surface area contributed by atoms with Crippen molar-refractivity contribution < 1.29 is 18.3 Å². The van der Waals surface area contributed by atoms with Crippen LogP contribution in [-0.2, 0) is 10.0 Å². The van der Waals surface area contributed by atoms with Crippen molar-refractivity contribution >= 4 is 39.0 Å². The van der Waals surface area contributed by atoms with Gasteiger partial charge in [-0.2, -0.15) is 0 Å². The number of sulfonamides is 1. The lowest BCUT2D eigenvalue weighted by Crippen LogP contribution is -2.40. The third-order valence-electron chi connectivity index (χ3n) is 3.65. The van der Waals surface area contributed by atoms with Crippen LogP contribution in [0.1, 0.15) is 45.1 Å². The van der Waals surface area contributed by atoms with Crippen molar-refractivity contribution in [2.75, 3.05) is 17.2 Å². The molecule has 0 fully saturated rings. The molecule has 0 atom stereocenters. The van der Waals surface area contributed by atoms with Gasteiger partial charge in [0.15, 0.2) is 11.5 Å². The minimum absolute atomic E-state index is 0.0113. The van der Waals surface area contributed by atoms with Crippen LogP contribution >= 0.6 is 11.6 Å². The van der Waals surface area contributed by atoms with Crippen LogP contribution in [0.5, 0.6) is 0 Å². The van der Waals surface area contributed by atoms with Crippen LogP contribution in [0.15, 0.2) is 35.4 Å². The van der Waals surface area contributed by atoms with E-state index in [4.69, 9.17) is 11.6 Å². The number of rotatable bonds is 7. The first-order valence-corrected chi connectivity index (χ1v) is 11.0. The van der Waals surface area contributed by atoms with Gasteiger partial charge in [0.05, 0.1) is 23.2 Å². The smallest absolute Gasteiger partial charge is 0.278 e.